The van der Waals surface area contributed by atoms with Gasteiger partial charge in [-0.3, -0.25) is 4.98 Å². The van der Waals surface area contributed by atoms with Crippen molar-refractivity contribution in [3.63, 3.8) is 0 Å². The summed E-state index contributed by atoms with van der Waals surface area (Å²) in [7, 11) is 1.37. The van der Waals surface area contributed by atoms with Gasteiger partial charge >= 0.3 is 5.97 Å². The fraction of sp³-hybridized carbons (Fsp3) is 0.130. The van der Waals surface area contributed by atoms with Gasteiger partial charge in [-0.1, -0.05) is 12.1 Å². The smallest absolute Gasteiger partial charge is 0.337 e. The minimum absolute atomic E-state index is 0.257. The van der Waals surface area contributed by atoms with Gasteiger partial charge in [0.2, 0.25) is 0 Å². The minimum atomic E-state index is -0.361. The molecule has 0 saturated heterocycles. The normalized spacial score (nSPS) is 11.0. The van der Waals surface area contributed by atoms with E-state index in [-0.39, 0.29) is 11.8 Å². The molecule has 5 heteroatoms. The van der Waals surface area contributed by atoms with E-state index in [4.69, 9.17) is 4.74 Å². The molecule has 0 aliphatic heterocycles. The fourth-order valence-corrected chi connectivity index (χ4v) is 3.58. The maximum Gasteiger partial charge on any atom is 0.337 e. The van der Waals surface area contributed by atoms with E-state index in [1.54, 1.807) is 30.5 Å². The second-order valence-corrected chi connectivity index (χ2v) is 6.65. The lowest BCUT2D eigenvalue weighted by molar-refractivity contribution is 0.0600. The molecule has 28 heavy (non-hydrogen) atoms. The van der Waals surface area contributed by atoms with Gasteiger partial charge in [0.05, 0.1) is 18.4 Å². The topological polar surface area (TPSA) is 44.1 Å². The Morgan fingerprint density at radius 2 is 1.93 bits per heavy atom. The SMILES string of the molecule is COC(=O)c1ccc(Cn2c(-c3cccnc3)c(C)c3cc(F)ccc32)cc1. The van der Waals surface area contributed by atoms with E-state index in [0.29, 0.717) is 12.1 Å². The highest BCUT2D eigenvalue weighted by Gasteiger charge is 2.17. The van der Waals surface area contributed by atoms with E-state index in [1.807, 2.05) is 37.4 Å². The van der Waals surface area contributed by atoms with Gasteiger partial charge in [-0.25, -0.2) is 9.18 Å². The van der Waals surface area contributed by atoms with Crippen LogP contribution in [-0.2, 0) is 11.3 Å². The molecule has 0 radical (unpaired) electrons. The molecular weight excluding hydrogens is 355 g/mol. The summed E-state index contributed by atoms with van der Waals surface area (Å²) in [5.41, 5.74) is 5.48. The van der Waals surface area contributed by atoms with Gasteiger partial charge in [0.25, 0.3) is 0 Å². The summed E-state index contributed by atoms with van der Waals surface area (Å²) in [6.07, 6.45) is 3.55. The maximum atomic E-state index is 13.9. The van der Waals surface area contributed by atoms with Crippen LogP contribution in [-0.4, -0.2) is 22.6 Å². The van der Waals surface area contributed by atoms with E-state index in [0.717, 1.165) is 33.3 Å². The Hall–Kier alpha value is -3.47. The number of aryl methyl sites for hydroxylation is 1. The van der Waals surface area contributed by atoms with Gasteiger partial charge in [-0.15, -0.1) is 0 Å². The number of pyridine rings is 1. The predicted molar refractivity (Wildman–Crippen MR) is 107 cm³/mol. The Balaban J connectivity index is 1.84. The zero-order chi connectivity index (χ0) is 19.7. The summed E-state index contributed by atoms with van der Waals surface area (Å²) < 4.78 is 20.8. The van der Waals surface area contributed by atoms with Crippen LogP contribution in [0.15, 0.2) is 67.0 Å². The first kappa shape index (κ1) is 17.9. The van der Waals surface area contributed by atoms with Crippen LogP contribution in [0.3, 0.4) is 0 Å². The third kappa shape index (κ3) is 3.16. The van der Waals surface area contributed by atoms with Crippen LogP contribution in [0.1, 0.15) is 21.5 Å². The quantitative estimate of drug-likeness (QED) is 0.473. The molecule has 4 aromatic rings. The van der Waals surface area contributed by atoms with Gasteiger partial charge in [0.15, 0.2) is 0 Å². The van der Waals surface area contributed by atoms with Crippen LogP contribution in [0.5, 0.6) is 0 Å². The number of fused-ring (bicyclic) bond motifs is 1. The summed E-state index contributed by atoms with van der Waals surface area (Å²) >= 11 is 0. The molecule has 2 heterocycles. The number of hydrogen-bond acceptors (Lipinski definition) is 3. The lowest BCUT2D eigenvalue weighted by Gasteiger charge is -2.12. The summed E-state index contributed by atoms with van der Waals surface area (Å²) in [6, 6.07) is 16.1. The molecule has 0 N–H and O–H groups in total. The minimum Gasteiger partial charge on any atom is -0.465 e. The maximum absolute atomic E-state index is 13.9. The lowest BCUT2D eigenvalue weighted by atomic mass is 10.1. The summed E-state index contributed by atoms with van der Waals surface area (Å²) in [4.78, 5) is 15.9. The number of nitrogens with zero attached hydrogens (tertiary/aromatic N) is 2. The van der Waals surface area contributed by atoms with E-state index < -0.39 is 0 Å². The number of aromatic nitrogens is 2. The molecule has 0 unspecified atom stereocenters. The molecule has 2 aromatic heterocycles. The van der Waals surface area contributed by atoms with Crippen LogP contribution in [0.2, 0.25) is 0 Å². The van der Waals surface area contributed by atoms with E-state index in [2.05, 4.69) is 9.55 Å². The Kier molecular flexibility index (Phi) is 4.65. The molecule has 0 aliphatic rings. The van der Waals surface area contributed by atoms with Crippen molar-refractivity contribution < 1.29 is 13.9 Å². The van der Waals surface area contributed by atoms with Crippen LogP contribution >= 0.6 is 0 Å². The highest BCUT2D eigenvalue weighted by Crippen LogP contribution is 2.34. The second kappa shape index (κ2) is 7.27. The molecule has 4 nitrogen and oxygen atoms in total. The zero-order valence-corrected chi connectivity index (χ0v) is 15.6. The van der Waals surface area contributed by atoms with Gasteiger partial charge in [0.1, 0.15) is 5.82 Å². The standard InChI is InChI=1S/C23H19FN2O2/c1-15-20-12-19(24)9-10-21(20)26(22(15)18-4-3-11-25-13-18)14-16-5-7-17(8-6-16)23(27)28-2/h3-13H,14H2,1-2H3. The van der Waals surface area contributed by atoms with Crippen molar-refractivity contribution >= 4 is 16.9 Å². The number of rotatable bonds is 4. The Morgan fingerprint density at radius 1 is 1.14 bits per heavy atom. The average molecular weight is 374 g/mol. The highest BCUT2D eigenvalue weighted by atomic mass is 19.1. The first-order valence-electron chi connectivity index (χ1n) is 8.94. The van der Waals surface area contributed by atoms with Crippen molar-refractivity contribution in [2.75, 3.05) is 7.11 Å². The van der Waals surface area contributed by atoms with Crippen LogP contribution in [0.4, 0.5) is 4.39 Å². The first-order valence-corrected chi connectivity index (χ1v) is 8.94. The molecule has 2 aromatic carbocycles. The zero-order valence-electron chi connectivity index (χ0n) is 15.6. The first-order chi connectivity index (χ1) is 13.6. The molecule has 0 saturated carbocycles. The largest absolute Gasteiger partial charge is 0.465 e. The number of benzene rings is 2. The summed E-state index contributed by atoms with van der Waals surface area (Å²) in [5, 5.41) is 0.880. The Labute approximate surface area is 162 Å². The van der Waals surface area contributed by atoms with Crippen LogP contribution in [0, 0.1) is 12.7 Å². The van der Waals surface area contributed by atoms with Crippen molar-refractivity contribution in [3.8, 4) is 11.3 Å². The number of halogens is 1. The molecule has 0 bridgehead atoms. The number of ether oxygens (including phenoxy) is 1. The summed E-state index contributed by atoms with van der Waals surface area (Å²) in [6.45, 7) is 2.59. The lowest BCUT2D eigenvalue weighted by Crippen LogP contribution is -2.04. The van der Waals surface area contributed by atoms with Gasteiger partial charge in [-0.05, 0) is 60.5 Å². The second-order valence-electron chi connectivity index (χ2n) is 6.65. The van der Waals surface area contributed by atoms with Crippen molar-refractivity contribution in [2.24, 2.45) is 0 Å². The molecule has 0 aliphatic carbocycles. The number of hydrogen-bond donors (Lipinski definition) is 0. The Bertz CT molecular complexity index is 1150. The van der Waals surface area contributed by atoms with Gasteiger partial charge in [-0.2, -0.15) is 0 Å². The number of esters is 1. The number of carbonyl (C=O) groups is 1. The summed E-state index contributed by atoms with van der Waals surface area (Å²) in [5.74, 6) is -0.617. The van der Waals surface area contributed by atoms with Gasteiger partial charge in [0, 0.05) is 35.4 Å². The molecule has 0 atom stereocenters. The van der Waals surface area contributed by atoms with Crippen molar-refractivity contribution in [1.29, 1.82) is 0 Å². The number of methoxy groups -OCH3 is 1. The molecule has 4 rings (SSSR count). The van der Waals surface area contributed by atoms with Crippen molar-refractivity contribution in [2.45, 2.75) is 13.5 Å². The third-order valence-corrected chi connectivity index (χ3v) is 4.93. The Morgan fingerprint density at radius 3 is 2.61 bits per heavy atom. The predicted octanol–water partition coefficient (Wildman–Crippen LogP) is 4.99. The van der Waals surface area contributed by atoms with Crippen LogP contribution in [0.25, 0.3) is 22.2 Å². The highest BCUT2D eigenvalue weighted by molar-refractivity contribution is 5.92. The molecule has 0 amide bonds. The molecule has 0 fully saturated rings. The van der Waals surface area contributed by atoms with Crippen LogP contribution < -0.4 is 0 Å². The van der Waals surface area contributed by atoms with Crippen molar-refractivity contribution in [1.82, 2.24) is 9.55 Å². The fourth-order valence-electron chi connectivity index (χ4n) is 3.58. The van der Waals surface area contributed by atoms with E-state index in [9.17, 15) is 9.18 Å². The molecular formula is C23H19FN2O2. The van der Waals surface area contributed by atoms with E-state index in [1.165, 1.54) is 13.2 Å². The number of carbonyl (C=O) groups excluding carboxylic acids is 1. The average Bonchev–Trinajstić information content (AvgIpc) is 2.99. The third-order valence-electron chi connectivity index (χ3n) is 4.93. The molecule has 0 spiro atoms. The molecule has 140 valence electrons. The van der Waals surface area contributed by atoms with Gasteiger partial charge < -0.3 is 9.30 Å². The van der Waals surface area contributed by atoms with Crippen molar-refractivity contribution in [3.05, 3.63) is 89.5 Å². The van der Waals surface area contributed by atoms with E-state index >= 15 is 0 Å². The monoisotopic (exact) mass is 374 g/mol.